The first-order valence-corrected chi connectivity index (χ1v) is 53.8. The van der Waals surface area contributed by atoms with Gasteiger partial charge in [-0.25, -0.2) is 27.2 Å². The first-order valence-electron chi connectivity index (χ1n) is 46.8. The van der Waals surface area contributed by atoms with E-state index >= 15 is 0 Å². The number of hydrogen-bond acceptors (Lipinski definition) is 28. The molecule has 0 saturated carbocycles. The molecule has 4 aromatic heterocycles. The number of carbonyl (C=O) groups is 10. The molecule has 788 valence electrons. The highest BCUT2D eigenvalue weighted by Gasteiger charge is 2.44. The van der Waals surface area contributed by atoms with E-state index in [1.54, 1.807) is 94.7 Å². The fraction of sp³-hybridized carbons (Fsp3) is 0.300. The number of carboxylic acids is 2. The van der Waals surface area contributed by atoms with E-state index in [-0.39, 0.29) is 197 Å². The molecule has 0 aliphatic carbocycles. The zero-order chi connectivity index (χ0) is 108. The number of nitrogens with zero attached hydrogens (tertiary/aromatic N) is 12. The minimum atomic E-state index is -4.32. The normalized spacial score (nSPS) is 15.8. The van der Waals surface area contributed by atoms with Crippen molar-refractivity contribution in [2.45, 2.75) is 78.4 Å². The van der Waals surface area contributed by atoms with Crippen molar-refractivity contribution in [1.82, 2.24) is 69.8 Å². The SMILES string of the molecule is COP(=O)(CCN1CCN(C(=O)c2c3c(c(O)c4ncccc24)C(=O)N(Cc2ccc(F)cc2)C3)CC1)OC.C[C@H](OP(=O)(O)CCN1CCN(C(=O)c2c3c(c(O)c4ncccc24)C(=O)N(Cc2ccc(F)cc2)C3)CC1)C(=O)O.C[C@H](OP(=O)(O)CCNC(=O)c1c2c(c(O)c3ncccc13)C(=O)N(Cc1ccc(F)cc1)C2)C(=O)O.O=C(NCCP(=O)(O)O)c1c2c(c(O)c3ncccc13)C(=O)N(Cc1ccc(F)cc1)C2. The van der Waals surface area contributed by atoms with Crippen molar-refractivity contribution in [3.05, 3.63) is 283 Å². The number of halogens is 4. The average Bonchev–Trinajstić information content (AvgIpc) is 1.63. The second-order valence-electron chi connectivity index (χ2n) is 35.8. The van der Waals surface area contributed by atoms with Gasteiger partial charge in [-0.3, -0.25) is 95.4 Å². The molecule has 2 unspecified atom stereocenters. The largest absolute Gasteiger partial charge is 0.505 e. The Bertz CT molecular complexity index is 7510. The summed E-state index contributed by atoms with van der Waals surface area (Å²) >= 11 is 0. The number of rotatable bonds is 32. The number of piperazine rings is 2. The Labute approximate surface area is 852 Å². The van der Waals surface area contributed by atoms with E-state index in [1.165, 1.54) is 126 Å². The Kier molecular flexibility index (Phi) is 33.9. The van der Waals surface area contributed by atoms with E-state index in [0.717, 1.165) is 12.5 Å². The number of phenolic OH excluding ortho intramolecular Hbond substituents is 4. The second kappa shape index (κ2) is 46.3. The third-order valence-corrected chi connectivity index (χ3v) is 31.5. The van der Waals surface area contributed by atoms with Crippen molar-refractivity contribution >= 4 is 133 Å². The van der Waals surface area contributed by atoms with Gasteiger partial charge in [0.25, 0.3) is 47.3 Å². The van der Waals surface area contributed by atoms with E-state index in [0.29, 0.717) is 114 Å². The molecule has 50 heteroatoms. The number of phenols is 4. The number of pyridine rings is 4. The van der Waals surface area contributed by atoms with Crippen LogP contribution in [0.25, 0.3) is 43.6 Å². The van der Waals surface area contributed by atoms with Crippen LogP contribution in [0.3, 0.4) is 0 Å². The number of aliphatic carboxylic acids is 2. The number of aromatic nitrogens is 4. The maximum absolute atomic E-state index is 14.0. The Balaban J connectivity index is 0.000000150. The first kappa shape index (κ1) is 110. The lowest BCUT2D eigenvalue weighted by atomic mass is 9.95. The number of fused-ring (bicyclic) bond motifs is 8. The highest BCUT2D eigenvalue weighted by atomic mass is 31.2. The van der Waals surface area contributed by atoms with Crippen LogP contribution in [-0.4, -0.2) is 298 Å². The topological polar surface area (TPSA) is 580 Å². The average molecular weight is 2150 g/mol. The molecule has 12 N–H and O–H groups in total. The number of aromatic hydroxyl groups is 4. The summed E-state index contributed by atoms with van der Waals surface area (Å²) in [5.41, 5.74) is 5.42. The van der Waals surface area contributed by atoms with Crippen LogP contribution in [0.1, 0.15) is 141 Å². The molecule has 42 nitrogen and oxygen atoms in total. The summed E-state index contributed by atoms with van der Waals surface area (Å²) in [5, 5.41) is 68.0. The molecule has 6 aliphatic rings. The van der Waals surface area contributed by atoms with Crippen molar-refractivity contribution in [3.63, 3.8) is 0 Å². The van der Waals surface area contributed by atoms with Gasteiger partial charge in [0.1, 0.15) is 45.3 Å². The van der Waals surface area contributed by atoms with Crippen molar-refractivity contribution in [1.29, 1.82) is 0 Å². The predicted octanol–water partition coefficient (Wildman–Crippen LogP) is 10.9. The van der Waals surface area contributed by atoms with Crippen LogP contribution < -0.4 is 10.6 Å². The number of nitrogens with one attached hydrogen (secondary N) is 2. The smallest absolute Gasteiger partial charge is 0.333 e. The molecule has 2 fully saturated rings. The molecule has 0 spiro atoms. The minimum Gasteiger partial charge on any atom is -0.505 e. The zero-order valence-electron chi connectivity index (χ0n) is 80.8. The Morgan fingerprint density at radius 1 is 0.373 bits per heavy atom. The van der Waals surface area contributed by atoms with Gasteiger partial charge in [-0.1, -0.05) is 72.8 Å². The minimum absolute atomic E-state index is 0.0190. The summed E-state index contributed by atoms with van der Waals surface area (Å²) in [6.07, 6.45) is 1.77. The molecule has 4 atom stereocenters. The molecule has 12 aromatic rings. The Hall–Kier alpha value is -14.5. The molecular weight excluding hydrogens is 2050 g/mol. The summed E-state index contributed by atoms with van der Waals surface area (Å²) in [7, 11) is -13.1. The summed E-state index contributed by atoms with van der Waals surface area (Å²) in [6.45, 7) is 6.60. The lowest BCUT2D eigenvalue weighted by molar-refractivity contribution is -0.145. The van der Waals surface area contributed by atoms with Crippen molar-refractivity contribution in [2.75, 3.05) is 117 Å². The maximum atomic E-state index is 14.0. The van der Waals surface area contributed by atoms with E-state index in [2.05, 4.69) is 40.0 Å². The maximum Gasteiger partial charge on any atom is 0.333 e. The van der Waals surface area contributed by atoms with Crippen molar-refractivity contribution in [2.24, 2.45) is 0 Å². The van der Waals surface area contributed by atoms with Gasteiger partial charge >= 0.3 is 42.3 Å². The fourth-order valence-corrected chi connectivity index (χ4v) is 22.1. The highest BCUT2D eigenvalue weighted by Crippen LogP contribution is 2.50. The predicted molar refractivity (Wildman–Crippen MR) is 532 cm³/mol. The summed E-state index contributed by atoms with van der Waals surface area (Å²) in [6, 6.07) is 35.8. The van der Waals surface area contributed by atoms with Gasteiger partial charge in [-0.15, -0.1) is 0 Å². The molecule has 150 heavy (non-hydrogen) atoms. The quantitative estimate of drug-likeness (QED) is 0.0138. The van der Waals surface area contributed by atoms with Gasteiger partial charge in [0.2, 0.25) is 0 Å². The number of hydrogen-bond donors (Lipinski definition) is 12. The summed E-state index contributed by atoms with van der Waals surface area (Å²) in [5.74, 6) is -9.36. The van der Waals surface area contributed by atoms with Crippen LogP contribution in [0.4, 0.5) is 17.6 Å². The van der Waals surface area contributed by atoms with Gasteiger partial charge in [-0.05, 0) is 109 Å². The lowest BCUT2D eigenvalue weighted by Crippen LogP contribution is -2.49. The van der Waals surface area contributed by atoms with Crippen molar-refractivity contribution in [3.8, 4) is 23.0 Å². The molecule has 8 aromatic carbocycles. The molecule has 10 heterocycles. The van der Waals surface area contributed by atoms with E-state index in [1.807, 2.05) is 4.90 Å². The van der Waals surface area contributed by atoms with Crippen LogP contribution in [0, 0.1) is 23.3 Å². The monoisotopic (exact) mass is 2150 g/mol. The summed E-state index contributed by atoms with van der Waals surface area (Å²) < 4.78 is 121. The van der Waals surface area contributed by atoms with Crippen molar-refractivity contribution < 1.29 is 152 Å². The molecule has 0 bridgehead atoms. The summed E-state index contributed by atoms with van der Waals surface area (Å²) in [4.78, 5) is 197. The van der Waals surface area contributed by atoms with Crippen LogP contribution in [0.15, 0.2) is 170 Å². The lowest BCUT2D eigenvalue weighted by Gasteiger charge is -2.35. The third kappa shape index (κ3) is 24.8. The van der Waals surface area contributed by atoms with E-state index < -0.39 is 120 Å². The second-order valence-corrected chi connectivity index (χ2v) is 43.9. The van der Waals surface area contributed by atoms with Gasteiger partial charge < -0.3 is 99.3 Å². The van der Waals surface area contributed by atoms with Gasteiger partial charge in [0.05, 0.1) is 69.2 Å². The van der Waals surface area contributed by atoms with Crippen LogP contribution in [-0.2, 0) is 98.3 Å². The number of carbonyl (C=O) groups excluding carboxylic acids is 8. The number of carboxylic acid groups (broad SMARTS) is 2. The van der Waals surface area contributed by atoms with E-state index in [9.17, 15) is 114 Å². The van der Waals surface area contributed by atoms with Crippen LogP contribution in [0.5, 0.6) is 23.0 Å². The Morgan fingerprint density at radius 3 is 0.907 bits per heavy atom. The molecule has 18 rings (SSSR count). The van der Waals surface area contributed by atoms with E-state index in [4.69, 9.17) is 33.6 Å². The standard InChI is InChI=1S/C28H30FN4O8P.C27H30FN4O6P.C24H23FN3O8P.C21H19FN3O6P/c1-17(28(37)38)41-42(39,40)14-13-31-9-11-32(12-10-31)26(35)22-20-3-2-8-30-24(20)25(34)23-21(22)16-33(27(23)36)15-18-4-6-19(29)7-5-18;1-37-39(36,38-2)15-14-30-10-12-31(13-11-30)26(34)22-20-4-3-9-29-24(20)25(33)23-21(22)17-32(27(23)35)16-18-5-7-19(28)8-6-18;1-13(24(32)33)36-37(34,35)10-9-27-22(30)18-16-3-2-8-26-20(16)21(29)19-17(18)12-28(23(19)31)11-14-4-6-15(25)7-5-14;22-13-5-3-12(4-6-13)10-25-11-15-16(20(27)24-8-9-32(29,30)31)14-2-1-7-23-18(14)19(26)17(15)21(25)28/h2-8,17,34H,9-16H2,1H3,(H,37,38)(H,39,40);3-9,33H,10-17H2,1-2H3;2-8,13,29H,9-12H2,1H3,(H,27,30)(H,32,33)(H,34,35);1-7,26H,8-11H2,(H,24,27)(H2,29,30,31)/t17-;;13-;/m0.0./s1. The molecule has 2 saturated heterocycles. The van der Waals surface area contributed by atoms with Gasteiger partial charge in [0.15, 0.2) is 35.2 Å². The number of benzene rings is 8. The Morgan fingerprint density at radius 2 is 0.633 bits per heavy atom. The van der Waals surface area contributed by atoms with Crippen LogP contribution in [0.2, 0.25) is 0 Å². The van der Waals surface area contributed by atoms with Gasteiger partial charge in [0, 0.05) is 214 Å². The fourth-order valence-electron chi connectivity index (χ4n) is 18.3. The molecular formula is C100H102F4N14O28P4. The highest BCUT2D eigenvalue weighted by molar-refractivity contribution is 7.54. The van der Waals surface area contributed by atoms with Crippen LogP contribution >= 0.6 is 30.4 Å². The van der Waals surface area contributed by atoms with Gasteiger partial charge in [-0.2, -0.15) is 0 Å². The third-order valence-electron chi connectivity index (χ3n) is 26.0. The first-order chi connectivity index (χ1) is 71.3. The molecule has 6 aliphatic heterocycles. The molecule has 8 amide bonds. The molecule has 0 radical (unpaired) electrons. The number of amides is 8. The zero-order valence-corrected chi connectivity index (χ0v) is 84.4.